The molecule has 3 heterocycles. The van der Waals surface area contributed by atoms with Gasteiger partial charge in [-0.1, -0.05) is 5.16 Å². The minimum atomic E-state index is -3.99. The van der Waals surface area contributed by atoms with Crippen molar-refractivity contribution in [2.75, 3.05) is 18.4 Å². The molecule has 1 N–H and O–H groups in total. The van der Waals surface area contributed by atoms with E-state index >= 15 is 0 Å². The Labute approximate surface area is 196 Å². The first-order chi connectivity index (χ1) is 16.5. The number of anilines is 1. The molecule has 0 saturated carbocycles. The van der Waals surface area contributed by atoms with Crippen molar-refractivity contribution in [3.63, 3.8) is 0 Å². The van der Waals surface area contributed by atoms with E-state index in [1.807, 2.05) is 29.1 Å². The molecule has 0 bridgehead atoms. The maximum absolute atomic E-state index is 13.5. The number of ether oxygens (including phenoxy) is 2. The summed E-state index contributed by atoms with van der Waals surface area (Å²) in [7, 11) is -2.50. The standard InChI is InChI=1S/C24H24N4O5S/c1-31-19-11-15-5-2-3-6-16(15)13-21(19)34(29,30)27-24-22-20(33-26-24)12-17(14-28-9-4-8-25-28)18-7-10-32-23(18)22/h4,8-9,11-13H,2-3,5-7,10,14H2,1H3,(H,26,27). The van der Waals surface area contributed by atoms with Gasteiger partial charge in [-0.3, -0.25) is 9.40 Å². The number of hydrogen-bond acceptors (Lipinski definition) is 7. The van der Waals surface area contributed by atoms with E-state index in [4.69, 9.17) is 14.0 Å². The van der Waals surface area contributed by atoms with Crippen LogP contribution < -0.4 is 14.2 Å². The molecular weight excluding hydrogens is 456 g/mol. The summed E-state index contributed by atoms with van der Waals surface area (Å²) in [4.78, 5) is 0.0969. The molecule has 0 spiro atoms. The zero-order valence-electron chi connectivity index (χ0n) is 18.7. The van der Waals surface area contributed by atoms with Gasteiger partial charge >= 0.3 is 0 Å². The van der Waals surface area contributed by atoms with Crippen molar-refractivity contribution in [3.8, 4) is 11.5 Å². The van der Waals surface area contributed by atoms with Gasteiger partial charge in [-0.05, 0) is 66.6 Å². The molecule has 0 unspecified atom stereocenters. The molecule has 2 aromatic heterocycles. The van der Waals surface area contributed by atoms with Gasteiger partial charge in [0.15, 0.2) is 11.4 Å². The average molecular weight is 481 g/mol. The Balaban J connectivity index is 1.41. The van der Waals surface area contributed by atoms with Crippen LogP contribution in [0.2, 0.25) is 0 Å². The zero-order valence-corrected chi connectivity index (χ0v) is 19.5. The summed E-state index contributed by atoms with van der Waals surface area (Å²) in [6, 6.07) is 7.31. The molecule has 0 radical (unpaired) electrons. The SMILES string of the molecule is COc1cc2c(cc1S(=O)(=O)Nc1noc3cc(Cn4cccn4)c4c(c13)OCC4)CCCC2. The number of aromatic nitrogens is 3. The molecule has 0 atom stereocenters. The smallest absolute Gasteiger partial charge is 0.266 e. The van der Waals surface area contributed by atoms with Crippen molar-refractivity contribution in [3.05, 3.63) is 58.9 Å². The fourth-order valence-corrected chi connectivity index (χ4v) is 6.13. The Hall–Kier alpha value is -3.53. The summed E-state index contributed by atoms with van der Waals surface area (Å²) in [5.41, 5.74) is 4.66. The number of hydrogen-bond donors (Lipinski definition) is 1. The van der Waals surface area contributed by atoms with Crippen molar-refractivity contribution in [1.29, 1.82) is 0 Å². The number of aryl methyl sites for hydroxylation is 2. The third kappa shape index (κ3) is 3.49. The van der Waals surface area contributed by atoms with Crippen molar-refractivity contribution in [1.82, 2.24) is 14.9 Å². The lowest BCUT2D eigenvalue weighted by molar-refractivity contribution is 0.360. The first-order valence-electron chi connectivity index (χ1n) is 11.3. The van der Waals surface area contributed by atoms with Crippen LogP contribution in [0.25, 0.3) is 11.0 Å². The fraction of sp³-hybridized carbons (Fsp3) is 0.333. The fourth-order valence-electron chi connectivity index (χ4n) is 4.92. The highest BCUT2D eigenvalue weighted by molar-refractivity contribution is 7.92. The van der Waals surface area contributed by atoms with Gasteiger partial charge in [-0.25, -0.2) is 8.42 Å². The molecule has 176 valence electrons. The van der Waals surface area contributed by atoms with Crippen molar-refractivity contribution in [2.45, 2.75) is 43.5 Å². The number of rotatable bonds is 6. The lowest BCUT2D eigenvalue weighted by atomic mass is 9.92. The van der Waals surface area contributed by atoms with Gasteiger partial charge in [-0.15, -0.1) is 0 Å². The summed E-state index contributed by atoms with van der Waals surface area (Å²) >= 11 is 0. The van der Waals surface area contributed by atoms with Crippen LogP contribution in [0.3, 0.4) is 0 Å². The summed E-state index contributed by atoms with van der Waals surface area (Å²) in [5.74, 6) is 1.04. The van der Waals surface area contributed by atoms with Crippen molar-refractivity contribution in [2.24, 2.45) is 0 Å². The third-order valence-corrected chi connectivity index (χ3v) is 7.91. The molecule has 6 rings (SSSR count). The molecule has 4 aromatic rings. The second-order valence-electron chi connectivity index (χ2n) is 8.63. The van der Waals surface area contributed by atoms with Gasteiger partial charge in [-0.2, -0.15) is 5.10 Å². The second kappa shape index (κ2) is 8.05. The monoisotopic (exact) mass is 480 g/mol. The van der Waals surface area contributed by atoms with Crippen LogP contribution in [0.5, 0.6) is 11.5 Å². The molecule has 2 aliphatic rings. The largest absolute Gasteiger partial charge is 0.495 e. The molecular formula is C24H24N4O5S. The summed E-state index contributed by atoms with van der Waals surface area (Å²) in [5, 5.41) is 8.86. The van der Waals surface area contributed by atoms with Crippen LogP contribution in [0, 0.1) is 0 Å². The van der Waals surface area contributed by atoms with Crippen LogP contribution in [0.4, 0.5) is 5.82 Å². The number of nitrogens with one attached hydrogen (secondary N) is 1. The minimum Gasteiger partial charge on any atom is -0.495 e. The van der Waals surface area contributed by atoms with Crippen LogP contribution in [0.15, 0.2) is 46.1 Å². The highest BCUT2D eigenvalue weighted by atomic mass is 32.2. The van der Waals surface area contributed by atoms with E-state index in [0.717, 1.165) is 54.4 Å². The maximum atomic E-state index is 13.5. The van der Waals surface area contributed by atoms with Gasteiger partial charge < -0.3 is 14.0 Å². The number of fused-ring (bicyclic) bond motifs is 4. The molecule has 0 saturated heterocycles. The molecule has 1 aliphatic heterocycles. The molecule has 2 aromatic carbocycles. The van der Waals surface area contributed by atoms with Crippen LogP contribution in [-0.2, 0) is 35.8 Å². The van der Waals surface area contributed by atoms with Crippen LogP contribution in [-0.4, -0.2) is 37.1 Å². The van der Waals surface area contributed by atoms with Gasteiger partial charge in [0.2, 0.25) is 0 Å². The normalized spacial score (nSPS) is 15.1. The van der Waals surface area contributed by atoms with E-state index < -0.39 is 10.0 Å². The van der Waals surface area contributed by atoms with E-state index in [1.165, 1.54) is 7.11 Å². The molecule has 10 heteroatoms. The number of nitrogens with zero attached hydrogens (tertiary/aromatic N) is 3. The minimum absolute atomic E-state index is 0.0969. The summed E-state index contributed by atoms with van der Waals surface area (Å²) in [6.07, 6.45) is 8.26. The lowest BCUT2D eigenvalue weighted by Crippen LogP contribution is -2.16. The van der Waals surface area contributed by atoms with E-state index in [2.05, 4.69) is 15.0 Å². The molecule has 9 nitrogen and oxygen atoms in total. The second-order valence-corrected chi connectivity index (χ2v) is 10.3. The van der Waals surface area contributed by atoms with Gasteiger partial charge in [0.25, 0.3) is 10.0 Å². The number of sulfonamides is 1. The zero-order chi connectivity index (χ0) is 23.3. The molecule has 0 amide bonds. The Bertz CT molecular complexity index is 1490. The van der Waals surface area contributed by atoms with E-state index in [-0.39, 0.29) is 10.7 Å². The van der Waals surface area contributed by atoms with Crippen LogP contribution in [0.1, 0.15) is 35.1 Å². The molecule has 1 aliphatic carbocycles. The number of methoxy groups -OCH3 is 1. The van der Waals surface area contributed by atoms with Crippen molar-refractivity contribution >= 4 is 26.8 Å². The summed E-state index contributed by atoms with van der Waals surface area (Å²) < 4.78 is 48.3. The van der Waals surface area contributed by atoms with E-state index in [0.29, 0.717) is 35.6 Å². The highest BCUT2D eigenvalue weighted by Crippen LogP contribution is 2.42. The van der Waals surface area contributed by atoms with Gasteiger partial charge in [0, 0.05) is 24.4 Å². The van der Waals surface area contributed by atoms with E-state index in [1.54, 1.807) is 12.3 Å². The Kier molecular flexibility index (Phi) is 4.98. The average Bonchev–Trinajstić information content (AvgIpc) is 3.59. The number of benzene rings is 2. The van der Waals surface area contributed by atoms with Crippen LogP contribution >= 0.6 is 0 Å². The van der Waals surface area contributed by atoms with Gasteiger partial charge in [0.05, 0.1) is 20.3 Å². The predicted molar refractivity (Wildman–Crippen MR) is 125 cm³/mol. The Morgan fingerprint density at radius 3 is 2.74 bits per heavy atom. The van der Waals surface area contributed by atoms with E-state index in [9.17, 15) is 8.42 Å². The third-order valence-electron chi connectivity index (χ3n) is 6.55. The Morgan fingerprint density at radius 1 is 1.15 bits per heavy atom. The quantitative estimate of drug-likeness (QED) is 0.448. The highest BCUT2D eigenvalue weighted by Gasteiger charge is 2.29. The van der Waals surface area contributed by atoms with Gasteiger partial charge in [0.1, 0.15) is 21.8 Å². The molecule has 0 fully saturated rings. The maximum Gasteiger partial charge on any atom is 0.266 e. The first-order valence-corrected chi connectivity index (χ1v) is 12.8. The predicted octanol–water partition coefficient (Wildman–Crippen LogP) is 3.70. The topological polar surface area (TPSA) is 108 Å². The molecule has 34 heavy (non-hydrogen) atoms. The summed E-state index contributed by atoms with van der Waals surface area (Å²) in [6.45, 7) is 1.07. The first kappa shape index (κ1) is 21.0. The van der Waals surface area contributed by atoms with Crippen molar-refractivity contribution < 1.29 is 22.4 Å². The Morgan fingerprint density at radius 2 is 1.97 bits per heavy atom. The lowest BCUT2D eigenvalue weighted by Gasteiger charge is -2.19.